The molecule has 5 heteroatoms. The third kappa shape index (κ3) is 5.68. The minimum absolute atomic E-state index is 0.000672. The predicted molar refractivity (Wildman–Crippen MR) is 127 cm³/mol. The van der Waals surface area contributed by atoms with Crippen molar-refractivity contribution < 1.29 is 14.3 Å². The van der Waals surface area contributed by atoms with Crippen molar-refractivity contribution in [3.05, 3.63) is 89.5 Å². The van der Waals surface area contributed by atoms with Gasteiger partial charge in [0.25, 0.3) is 0 Å². The Kier molecular flexibility index (Phi) is 7.07. The fraction of sp³-hybridized carbons (Fsp3) is 0.296. The van der Waals surface area contributed by atoms with E-state index in [2.05, 4.69) is 28.4 Å². The first kappa shape index (κ1) is 21.9. The highest BCUT2D eigenvalue weighted by molar-refractivity contribution is 5.93. The van der Waals surface area contributed by atoms with E-state index in [0.717, 1.165) is 47.6 Å². The highest BCUT2D eigenvalue weighted by Gasteiger charge is 2.31. The zero-order valence-corrected chi connectivity index (χ0v) is 18.7. The number of amides is 1. The van der Waals surface area contributed by atoms with Crippen molar-refractivity contribution in [2.75, 3.05) is 26.1 Å². The summed E-state index contributed by atoms with van der Waals surface area (Å²) >= 11 is 0. The third-order valence-electron chi connectivity index (χ3n) is 5.80. The van der Waals surface area contributed by atoms with Gasteiger partial charge in [-0.25, -0.2) is 0 Å². The molecule has 0 saturated heterocycles. The van der Waals surface area contributed by atoms with E-state index < -0.39 is 0 Å². The van der Waals surface area contributed by atoms with Crippen molar-refractivity contribution in [1.29, 1.82) is 0 Å². The Bertz CT molecular complexity index is 1050. The number of carbonyl (C=O) groups excluding carboxylic acids is 1. The van der Waals surface area contributed by atoms with Gasteiger partial charge in [-0.3, -0.25) is 9.69 Å². The fourth-order valence-electron chi connectivity index (χ4n) is 3.96. The number of hydrogen-bond acceptors (Lipinski definition) is 4. The Labute approximate surface area is 190 Å². The summed E-state index contributed by atoms with van der Waals surface area (Å²) in [5, 5.41) is 3.14. The SMILES string of the molecule is COc1ccc(OC)c(CN(CC(=O)Nc2ccccc2Cc2ccccc2)C2CC2)c1. The molecule has 1 saturated carbocycles. The van der Waals surface area contributed by atoms with Crippen LogP contribution in [0.4, 0.5) is 5.69 Å². The molecule has 1 aliphatic carbocycles. The summed E-state index contributed by atoms with van der Waals surface area (Å²) < 4.78 is 10.9. The van der Waals surface area contributed by atoms with E-state index in [0.29, 0.717) is 19.1 Å². The number of anilines is 1. The molecule has 4 rings (SSSR count). The molecule has 5 nitrogen and oxygen atoms in total. The molecule has 166 valence electrons. The van der Waals surface area contributed by atoms with Crippen LogP contribution in [0.3, 0.4) is 0 Å². The standard InChI is InChI=1S/C27H30N2O3/c1-31-24-14-15-26(32-2)22(17-24)18-29(23-12-13-23)19-27(30)28-25-11-7-6-10-21(25)16-20-8-4-3-5-9-20/h3-11,14-15,17,23H,12-13,16,18-19H2,1-2H3,(H,28,30). The van der Waals surface area contributed by atoms with E-state index in [1.54, 1.807) is 14.2 Å². The first-order valence-electron chi connectivity index (χ1n) is 11.0. The smallest absolute Gasteiger partial charge is 0.238 e. The van der Waals surface area contributed by atoms with Crippen LogP contribution >= 0.6 is 0 Å². The Balaban J connectivity index is 1.45. The second-order valence-electron chi connectivity index (χ2n) is 8.18. The van der Waals surface area contributed by atoms with Crippen LogP contribution in [0, 0.1) is 0 Å². The monoisotopic (exact) mass is 430 g/mol. The first-order valence-corrected chi connectivity index (χ1v) is 11.0. The van der Waals surface area contributed by atoms with Crippen molar-refractivity contribution in [1.82, 2.24) is 4.90 Å². The molecule has 0 bridgehead atoms. The number of carbonyl (C=O) groups is 1. The highest BCUT2D eigenvalue weighted by Crippen LogP contribution is 2.32. The molecule has 0 aromatic heterocycles. The molecule has 0 spiro atoms. The minimum Gasteiger partial charge on any atom is -0.497 e. The van der Waals surface area contributed by atoms with Crippen molar-refractivity contribution in [2.45, 2.75) is 31.8 Å². The number of rotatable bonds is 10. The van der Waals surface area contributed by atoms with Gasteiger partial charge in [-0.05, 0) is 54.7 Å². The van der Waals surface area contributed by atoms with E-state index in [1.165, 1.54) is 5.56 Å². The maximum atomic E-state index is 13.0. The lowest BCUT2D eigenvalue weighted by Gasteiger charge is -2.23. The third-order valence-corrected chi connectivity index (χ3v) is 5.80. The van der Waals surface area contributed by atoms with Crippen LogP contribution in [0.5, 0.6) is 11.5 Å². The molecule has 0 radical (unpaired) electrons. The van der Waals surface area contributed by atoms with Crippen LogP contribution in [0.1, 0.15) is 29.5 Å². The summed E-state index contributed by atoms with van der Waals surface area (Å²) in [7, 11) is 3.33. The maximum Gasteiger partial charge on any atom is 0.238 e. The van der Waals surface area contributed by atoms with Gasteiger partial charge in [-0.15, -0.1) is 0 Å². The zero-order valence-electron chi connectivity index (χ0n) is 18.7. The Morgan fingerprint density at radius 1 is 0.938 bits per heavy atom. The van der Waals surface area contributed by atoms with Crippen LogP contribution in [0.15, 0.2) is 72.8 Å². The summed E-state index contributed by atoms with van der Waals surface area (Å²) in [6.07, 6.45) is 3.01. The molecular weight excluding hydrogens is 400 g/mol. The van der Waals surface area contributed by atoms with Gasteiger partial charge < -0.3 is 14.8 Å². The van der Waals surface area contributed by atoms with Gasteiger partial charge in [-0.1, -0.05) is 48.5 Å². The highest BCUT2D eigenvalue weighted by atomic mass is 16.5. The molecule has 0 aliphatic heterocycles. The van der Waals surface area contributed by atoms with Gasteiger partial charge in [-0.2, -0.15) is 0 Å². The number of methoxy groups -OCH3 is 2. The van der Waals surface area contributed by atoms with Gasteiger partial charge >= 0.3 is 0 Å². The lowest BCUT2D eigenvalue weighted by atomic mass is 10.0. The number of para-hydroxylation sites is 1. The lowest BCUT2D eigenvalue weighted by Crippen LogP contribution is -2.34. The lowest BCUT2D eigenvalue weighted by molar-refractivity contribution is -0.117. The second kappa shape index (κ2) is 10.3. The average Bonchev–Trinajstić information content (AvgIpc) is 3.66. The van der Waals surface area contributed by atoms with Crippen LogP contribution in [-0.2, 0) is 17.8 Å². The summed E-state index contributed by atoms with van der Waals surface area (Å²) in [4.78, 5) is 15.2. The van der Waals surface area contributed by atoms with Gasteiger partial charge in [0.05, 0.1) is 20.8 Å². The number of ether oxygens (including phenoxy) is 2. The number of nitrogens with zero attached hydrogens (tertiary/aromatic N) is 1. The second-order valence-corrected chi connectivity index (χ2v) is 8.18. The molecule has 0 atom stereocenters. The van der Waals surface area contributed by atoms with E-state index in [-0.39, 0.29) is 5.91 Å². The normalized spacial score (nSPS) is 13.1. The maximum absolute atomic E-state index is 13.0. The Morgan fingerprint density at radius 3 is 2.41 bits per heavy atom. The van der Waals surface area contributed by atoms with Gasteiger partial charge in [0.15, 0.2) is 0 Å². The quantitative estimate of drug-likeness (QED) is 0.497. The van der Waals surface area contributed by atoms with Gasteiger partial charge in [0.2, 0.25) is 5.91 Å². The van der Waals surface area contributed by atoms with Crippen molar-refractivity contribution >= 4 is 11.6 Å². The van der Waals surface area contributed by atoms with Crippen LogP contribution in [-0.4, -0.2) is 37.6 Å². The molecule has 1 aliphatic rings. The molecule has 1 N–H and O–H groups in total. The van der Waals surface area contributed by atoms with E-state index >= 15 is 0 Å². The summed E-state index contributed by atoms with van der Waals surface area (Å²) in [5.74, 6) is 1.60. The molecule has 1 amide bonds. The van der Waals surface area contributed by atoms with Crippen LogP contribution in [0.25, 0.3) is 0 Å². The van der Waals surface area contributed by atoms with E-state index in [9.17, 15) is 4.79 Å². The average molecular weight is 431 g/mol. The largest absolute Gasteiger partial charge is 0.497 e. The molecule has 3 aromatic carbocycles. The minimum atomic E-state index is -0.000672. The predicted octanol–water partition coefficient (Wildman–Crippen LogP) is 4.90. The van der Waals surface area contributed by atoms with Crippen molar-refractivity contribution in [2.24, 2.45) is 0 Å². The molecule has 3 aromatic rings. The first-order chi connectivity index (χ1) is 15.7. The van der Waals surface area contributed by atoms with Crippen LogP contribution < -0.4 is 14.8 Å². The summed E-state index contributed by atoms with van der Waals surface area (Å²) in [5.41, 5.74) is 4.23. The fourth-order valence-corrected chi connectivity index (χ4v) is 3.96. The summed E-state index contributed by atoms with van der Waals surface area (Å²) in [6, 6.07) is 24.5. The van der Waals surface area contributed by atoms with Gasteiger partial charge in [0, 0.05) is 23.8 Å². The Morgan fingerprint density at radius 2 is 1.69 bits per heavy atom. The molecule has 1 fully saturated rings. The topological polar surface area (TPSA) is 50.8 Å². The van der Waals surface area contributed by atoms with Gasteiger partial charge in [0.1, 0.15) is 11.5 Å². The molecular formula is C27H30N2O3. The number of nitrogens with one attached hydrogen (secondary N) is 1. The molecule has 32 heavy (non-hydrogen) atoms. The number of hydrogen-bond donors (Lipinski definition) is 1. The molecule has 0 unspecified atom stereocenters. The van der Waals surface area contributed by atoms with Crippen LogP contribution in [0.2, 0.25) is 0 Å². The Hall–Kier alpha value is -3.31. The molecule has 0 heterocycles. The van der Waals surface area contributed by atoms with Crippen molar-refractivity contribution in [3.63, 3.8) is 0 Å². The number of benzene rings is 3. The van der Waals surface area contributed by atoms with E-state index in [1.807, 2.05) is 54.6 Å². The van der Waals surface area contributed by atoms with Crippen molar-refractivity contribution in [3.8, 4) is 11.5 Å². The zero-order chi connectivity index (χ0) is 22.3. The summed E-state index contributed by atoms with van der Waals surface area (Å²) in [6.45, 7) is 0.981. The van der Waals surface area contributed by atoms with E-state index in [4.69, 9.17) is 9.47 Å².